The highest BCUT2D eigenvalue weighted by molar-refractivity contribution is 5.02. The number of aromatic nitrogens is 4. The lowest BCUT2D eigenvalue weighted by molar-refractivity contribution is 0.107. The summed E-state index contributed by atoms with van der Waals surface area (Å²) in [5.41, 5.74) is 1.19. The average molecular weight is 305 g/mol. The van der Waals surface area contributed by atoms with Gasteiger partial charge in [-0.2, -0.15) is 4.98 Å². The van der Waals surface area contributed by atoms with Crippen molar-refractivity contribution in [2.24, 2.45) is 0 Å². The predicted octanol–water partition coefficient (Wildman–Crippen LogP) is 1.95. The van der Waals surface area contributed by atoms with Gasteiger partial charge in [-0.05, 0) is 26.3 Å². The van der Waals surface area contributed by atoms with E-state index in [-0.39, 0.29) is 6.04 Å². The molecule has 7 nitrogen and oxygen atoms in total. The molecule has 1 atom stereocenters. The fraction of sp³-hybridized carbons (Fsp3) is 0.667. The largest absolute Gasteiger partial charge is 0.383 e. The Balaban J connectivity index is 1.73. The summed E-state index contributed by atoms with van der Waals surface area (Å²) < 4.78 is 12.7. The number of ether oxygens (including phenoxy) is 1. The molecule has 1 aliphatic heterocycles. The molecule has 22 heavy (non-hydrogen) atoms. The Labute approximate surface area is 130 Å². The maximum Gasteiger partial charge on any atom is 0.243 e. The Morgan fingerprint density at radius 1 is 1.41 bits per heavy atom. The van der Waals surface area contributed by atoms with Crippen LogP contribution in [0.15, 0.2) is 17.0 Å². The highest BCUT2D eigenvalue weighted by Gasteiger charge is 2.29. The average Bonchev–Trinajstić information content (AvgIpc) is 3.15. The van der Waals surface area contributed by atoms with Crippen LogP contribution in [0.25, 0.3) is 0 Å². The predicted molar refractivity (Wildman–Crippen MR) is 80.1 cm³/mol. The van der Waals surface area contributed by atoms with Gasteiger partial charge in [0.1, 0.15) is 0 Å². The standard InChI is InChI=1S/C15H23N5O2/c1-12-17-15(22-18-12)14-5-3-4-6-19(14)10-13-9-16-11-20(13)7-8-21-2/h9,11,14H,3-8,10H2,1-2H3/t14-/m1/s1. The summed E-state index contributed by atoms with van der Waals surface area (Å²) in [5, 5.41) is 3.93. The number of aryl methyl sites for hydroxylation is 1. The van der Waals surface area contributed by atoms with Crippen molar-refractivity contribution in [1.29, 1.82) is 0 Å². The van der Waals surface area contributed by atoms with Gasteiger partial charge in [-0.1, -0.05) is 11.6 Å². The van der Waals surface area contributed by atoms with Gasteiger partial charge in [-0.15, -0.1) is 0 Å². The molecule has 2 aromatic rings. The normalized spacial score (nSPS) is 19.6. The summed E-state index contributed by atoms with van der Waals surface area (Å²) in [7, 11) is 1.72. The summed E-state index contributed by atoms with van der Waals surface area (Å²) in [5.74, 6) is 1.44. The molecule has 0 aromatic carbocycles. The number of imidazole rings is 1. The van der Waals surface area contributed by atoms with Crippen molar-refractivity contribution in [2.45, 2.75) is 45.3 Å². The van der Waals surface area contributed by atoms with Gasteiger partial charge in [0.25, 0.3) is 0 Å². The smallest absolute Gasteiger partial charge is 0.243 e. The first-order chi connectivity index (χ1) is 10.8. The van der Waals surface area contributed by atoms with Crippen LogP contribution in [-0.4, -0.2) is 44.9 Å². The third-order valence-electron chi connectivity index (χ3n) is 4.14. The fourth-order valence-corrected chi connectivity index (χ4v) is 2.99. The van der Waals surface area contributed by atoms with Gasteiger partial charge >= 0.3 is 0 Å². The van der Waals surface area contributed by atoms with Crippen molar-refractivity contribution in [3.63, 3.8) is 0 Å². The third-order valence-corrected chi connectivity index (χ3v) is 4.14. The second-order valence-corrected chi connectivity index (χ2v) is 5.73. The van der Waals surface area contributed by atoms with Crippen LogP contribution in [0.5, 0.6) is 0 Å². The lowest BCUT2D eigenvalue weighted by Crippen LogP contribution is -2.34. The van der Waals surface area contributed by atoms with Crippen LogP contribution in [0.2, 0.25) is 0 Å². The zero-order valence-corrected chi connectivity index (χ0v) is 13.2. The molecule has 0 bridgehead atoms. The van der Waals surface area contributed by atoms with E-state index in [2.05, 4.69) is 24.6 Å². The number of hydrogen-bond donors (Lipinski definition) is 0. The zero-order chi connectivity index (χ0) is 15.4. The molecule has 0 saturated carbocycles. The molecule has 1 fully saturated rings. The molecule has 0 aliphatic carbocycles. The maximum atomic E-state index is 5.40. The van der Waals surface area contributed by atoms with E-state index < -0.39 is 0 Å². The topological polar surface area (TPSA) is 69.2 Å². The monoisotopic (exact) mass is 305 g/mol. The zero-order valence-electron chi connectivity index (χ0n) is 13.2. The number of likely N-dealkylation sites (tertiary alicyclic amines) is 1. The van der Waals surface area contributed by atoms with Crippen LogP contribution in [0.3, 0.4) is 0 Å². The molecule has 2 aromatic heterocycles. The van der Waals surface area contributed by atoms with E-state index in [0.717, 1.165) is 31.9 Å². The van der Waals surface area contributed by atoms with Crippen molar-refractivity contribution in [3.8, 4) is 0 Å². The van der Waals surface area contributed by atoms with Crippen molar-refractivity contribution < 1.29 is 9.26 Å². The van der Waals surface area contributed by atoms with Crippen molar-refractivity contribution in [3.05, 3.63) is 29.9 Å². The minimum atomic E-state index is 0.209. The summed E-state index contributed by atoms with van der Waals surface area (Å²) in [6, 6.07) is 0.209. The first-order valence-corrected chi connectivity index (χ1v) is 7.80. The Bertz CT molecular complexity index is 594. The third kappa shape index (κ3) is 3.36. The summed E-state index contributed by atoms with van der Waals surface area (Å²) in [4.78, 5) is 11.1. The first kappa shape index (κ1) is 15.2. The van der Waals surface area contributed by atoms with E-state index in [0.29, 0.717) is 12.4 Å². The molecule has 0 radical (unpaired) electrons. The molecule has 1 aliphatic rings. The van der Waals surface area contributed by atoms with Gasteiger partial charge in [-0.25, -0.2) is 4.98 Å². The van der Waals surface area contributed by atoms with E-state index >= 15 is 0 Å². The molecule has 120 valence electrons. The minimum absolute atomic E-state index is 0.209. The second kappa shape index (κ2) is 7.02. The number of methoxy groups -OCH3 is 1. The number of hydrogen-bond acceptors (Lipinski definition) is 6. The van der Waals surface area contributed by atoms with E-state index in [4.69, 9.17) is 9.26 Å². The molecule has 3 heterocycles. The molecule has 0 spiro atoms. The van der Waals surface area contributed by atoms with Gasteiger partial charge in [0, 0.05) is 26.4 Å². The van der Waals surface area contributed by atoms with Gasteiger partial charge in [0.05, 0.1) is 24.7 Å². The SMILES string of the molecule is COCCn1cncc1CN1CCCC[C@@H]1c1nc(C)no1. The van der Waals surface area contributed by atoms with E-state index in [9.17, 15) is 0 Å². The van der Waals surface area contributed by atoms with E-state index in [1.54, 1.807) is 7.11 Å². The quantitative estimate of drug-likeness (QED) is 0.812. The lowest BCUT2D eigenvalue weighted by atomic mass is 10.0. The highest BCUT2D eigenvalue weighted by atomic mass is 16.5. The molecule has 3 rings (SSSR count). The van der Waals surface area contributed by atoms with E-state index in [1.165, 1.54) is 18.5 Å². The molecular formula is C15H23N5O2. The van der Waals surface area contributed by atoms with Crippen molar-refractivity contribution in [1.82, 2.24) is 24.6 Å². The summed E-state index contributed by atoms with van der Waals surface area (Å²) in [6.07, 6.45) is 7.26. The summed E-state index contributed by atoms with van der Waals surface area (Å²) in [6.45, 7) is 5.26. The minimum Gasteiger partial charge on any atom is -0.383 e. The van der Waals surface area contributed by atoms with Gasteiger partial charge < -0.3 is 13.8 Å². The van der Waals surface area contributed by atoms with Crippen LogP contribution < -0.4 is 0 Å². The lowest BCUT2D eigenvalue weighted by Gasteiger charge is -2.33. The van der Waals surface area contributed by atoms with Gasteiger partial charge in [-0.3, -0.25) is 4.90 Å². The van der Waals surface area contributed by atoms with Crippen LogP contribution >= 0.6 is 0 Å². The molecule has 7 heteroatoms. The van der Waals surface area contributed by atoms with Crippen LogP contribution in [0.1, 0.15) is 42.7 Å². The number of piperidine rings is 1. The van der Waals surface area contributed by atoms with Crippen LogP contribution in [0, 0.1) is 6.92 Å². The Morgan fingerprint density at radius 2 is 2.32 bits per heavy atom. The van der Waals surface area contributed by atoms with Gasteiger partial charge in [0.2, 0.25) is 5.89 Å². The van der Waals surface area contributed by atoms with Crippen molar-refractivity contribution >= 4 is 0 Å². The Hall–Kier alpha value is -1.73. The van der Waals surface area contributed by atoms with Crippen molar-refractivity contribution in [2.75, 3.05) is 20.3 Å². The number of nitrogens with zero attached hydrogens (tertiary/aromatic N) is 5. The molecular weight excluding hydrogens is 282 g/mol. The Kier molecular flexibility index (Phi) is 4.84. The molecule has 0 amide bonds. The van der Waals surface area contributed by atoms with Crippen LogP contribution in [0.4, 0.5) is 0 Å². The molecule has 1 saturated heterocycles. The number of rotatable bonds is 6. The fourth-order valence-electron chi connectivity index (χ4n) is 2.99. The molecule has 0 N–H and O–H groups in total. The maximum absolute atomic E-state index is 5.40. The van der Waals surface area contributed by atoms with E-state index in [1.807, 2.05) is 19.4 Å². The summed E-state index contributed by atoms with van der Waals surface area (Å²) >= 11 is 0. The molecule has 0 unspecified atom stereocenters. The second-order valence-electron chi connectivity index (χ2n) is 5.73. The van der Waals surface area contributed by atoms with Crippen LogP contribution in [-0.2, 0) is 17.8 Å². The van der Waals surface area contributed by atoms with Gasteiger partial charge in [0.15, 0.2) is 5.82 Å². The first-order valence-electron chi connectivity index (χ1n) is 7.80. The highest BCUT2D eigenvalue weighted by Crippen LogP contribution is 2.31. The Morgan fingerprint density at radius 3 is 3.09 bits per heavy atom.